The molecule has 1 unspecified atom stereocenters. The van der Waals surface area contributed by atoms with Crippen LogP contribution in [0.4, 0.5) is 0 Å². The molecule has 1 saturated carbocycles. The Hall–Kier alpha value is -0.960. The van der Waals surface area contributed by atoms with Crippen LogP contribution in [0.2, 0.25) is 0 Å². The second-order valence-corrected chi connectivity index (χ2v) is 7.11. The largest absolute Gasteiger partial charge is 0.298 e. The lowest BCUT2D eigenvalue weighted by atomic mass is 10.0. The minimum Gasteiger partial charge on any atom is -0.298 e. The average molecular weight is 278 g/mol. The average Bonchev–Trinajstić information content (AvgIpc) is 2.92. The minimum atomic E-state index is -1.18. The number of rotatable bonds is 5. The molecule has 0 spiro atoms. The smallest absolute Gasteiger partial charge is 0.148 e. The fourth-order valence-electron chi connectivity index (χ4n) is 2.58. The maximum atomic E-state index is 12.2. The normalized spacial score (nSPS) is 17.8. The molecule has 1 aliphatic carbocycles. The summed E-state index contributed by atoms with van der Waals surface area (Å²) in [6.45, 7) is 4.27. The Balaban J connectivity index is 1.97. The van der Waals surface area contributed by atoms with Gasteiger partial charge in [-0.25, -0.2) is 0 Å². The molecule has 3 heteroatoms. The number of benzene rings is 1. The summed E-state index contributed by atoms with van der Waals surface area (Å²) in [4.78, 5) is 12.8. The van der Waals surface area contributed by atoms with Gasteiger partial charge in [0.1, 0.15) is 5.78 Å². The van der Waals surface area contributed by atoms with Gasteiger partial charge >= 0.3 is 0 Å². The topological polar surface area (TPSA) is 34.1 Å². The Morgan fingerprint density at radius 1 is 1.21 bits per heavy atom. The van der Waals surface area contributed by atoms with E-state index in [4.69, 9.17) is 0 Å². The van der Waals surface area contributed by atoms with Crippen molar-refractivity contribution in [2.75, 3.05) is 5.75 Å². The second-order valence-electron chi connectivity index (χ2n) is 5.66. The first kappa shape index (κ1) is 14.4. The predicted molar refractivity (Wildman–Crippen MR) is 78.8 cm³/mol. The molecule has 0 saturated heterocycles. The van der Waals surface area contributed by atoms with Gasteiger partial charge in [-0.3, -0.25) is 9.00 Å². The SMILES string of the molecule is CC(C)c1ccc(S(=O)CC(=O)C2CCCC2)cc1. The van der Waals surface area contributed by atoms with Gasteiger partial charge in [0.25, 0.3) is 0 Å². The lowest BCUT2D eigenvalue weighted by molar-refractivity contribution is -0.120. The molecule has 0 heterocycles. The van der Waals surface area contributed by atoms with Crippen molar-refractivity contribution in [3.05, 3.63) is 29.8 Å². The third-order valence-corrected chi connectivity index (χ3v) is 5.24. The van der Waals surface area contributed by atoms with Crippen molar-refractivity contribution >= 4 is 16.6 Å². The summed E-state index contributed by atoms with van der Waals surface area (Å²) in [6, 6.07) is 7.82. The summed E-state index contributed by atoms with van der Waals surface area (Å²) in [7, 11) is -1.18. The maximum Gasteiger partial charge on any atom is 0.148 e. The summed E-state index contributed by atoms with van der Waals surface area (Å²) < 4.78 is 12.2. The van der Waals surface area contributed by atoms with Gasteiger partial charge in [-0.05, 0) is 36.5 Å². The van der Waals surface area contributed by atoms with Crippen molar-refractivity contribution in [3.63, 3.8) is 0 Å². The quantitative estimate of drug-likeness (QED) is 0.823. The summed E-state index contributed by atoms with van der Waals surface area (Å²) in [6.07, 6.45) is 4.27. The fourth-order valence-corrected chi connectivity index (χ4v) is 3.68. The number of carbonyl (C=O) groups is 1. The Kier molecular flexibility index (Phi) is 4.92. The first-order chi connectivity index (χ1) is 9.08. The van der Waals surface area contributed by atoms with Crippen LogP contribution in [0.3, 0.4) is 0 Å². The summed E-state index contributed by atoms with van der Waals surface area (Å²) >= 11 is 0. The Bertz CT molecular complexity index is 456. The molecule has 19 heavy (non-hydrogen) atoms. The van der Waals surface area contributed by atoms with Crippen molar-refractivity contribution in [3.8, 4) is 0 Å². The number of hydrogen-bond donors (Lipinski definition) is 0. The van der Waals surface area contributed by atoms with Crippen molar-refractivity contribution in [1.82, 2.24) is 0 Å². The van der Waals surface area contributed by atoms with Gasteiger partial charge in [0.05, 0.1) is 16.6 Å². The zero-order chi connectivity index (χ0) is 13.8. The molecule has 0 aliphatic heterocycles. The van der Waals surface area contributed by atoms with Gasteiger partial charge in [0.15, 0.2) is 0 Å². The molecular formula is C16H22O2S. The van der Waals surface area contributed by atoms with Crippen LogP contribution in [-0.4, -0.2) is 15.7 Å². The van der Waals surface area contributed by atoms with Gasteiger partial charge in [-0.1, -0.05) is 38.8 Å². The van der Waals surface area contributed by atoms with E-state index in [9.17, 15) is 9.00 Å². The van der Waals surface area contributed by atoms with E-state index >= 15 is 0 Å². The predicted octanol–water partition coefficient (Wildman–Crippen LogP) is 3.68. The Labute approximate surface area is 118 Å². The molecule has 2 nitrogen and oxygen atoms in total. The van der Waals surface area contributed by atoms with Crippen LogP contribution in [0.1, 0.15) is 51.0 Å². The molecule has 1 aromatic rings. The highest BCUT2D eigenvalue weighted by Crippen LogP contribution is 2.26. The first-order valence-corrected chi connectivity index (χ1v) is 8.41. The van der Waals surface area contributed by atoms with Gasteiger partial charge in [0.2, 0.25) is 0 Å². The molecule has 1 aliphatic rings. The first-order valence-electron chi connectivity index (χ1n) is 7.09. The lowest BCUT2D eigenvalue weighted by Crippen LogP contribution is -2.18. The monoisotopic (exact) mass is 278 g/mol. The van der Waals surface area contributed by atoms with Crippen molar-refractivity contribution < 1.29 is 9.00 Å². The van der Waals surface area contributed by atoms with Crippen molar-refractivity contribution in [2.24, 2.45) is 5.92 Å². The van der Waals surface area contributed by atoms with E-state index in [0.717, 1.165) is 30.6 Å². The molecule has 0 amide bonds. The van der Waals surface area contributed by atoms with Gasteiger partial charge < -0.3 is 0 Å². The molecule has 0 N–H and O–H groups in total. The number of Topliss-reactive ketones (excluding diaryl/α,β-unsaturated/α-hetero) is 1. The van der Waals surface area contributed by atoms with E-state index in [1.807, 2.05) is 24.3 Å². The van der Waals surface area contributed by atoms with Crippen molar-refractivity contribution in [1.29, 1.82) is 0 Å². The van der Waals surface area contributed by atoms with E-state index in [2.05, 4.69) is 13.8 Å². The zero-order valence-electron chi connectivity index (χ0n) is 11.7. The molecule has 0 radical (unpaired) electrons. The van der Waals surface area contributed by atoms with Gasteiger partial charge in [-0.15, -0.1) is 0 Å². The highest BCUT2D eigenvalue weighted by atomic mass is 32.2. The number of hydrogen-bond acceptors (Lipinski definition) is 2. The van der Waals surface area contributed by atoms with Crippen LogP contribution < -0.4 is 0 Å². The molecule has 1 atom stereocenters. The van der Waals surface area contributed by atoms with Gasteiger partial charge in [-0.2, -0.15) is 0 Å². The minimum absolute atomic E-state index is 0.166. The van der Waals surface area contributed by atoms with Crippen molar-refractivity contribution in [2.45, 2.75) is 50.3 Å². The number of ketones is 1. The Morgan fingerprint density at radius 3 is 2.32 bits per heavy atom. The summed E-state index contributed by atoms with van der Waals surface area (Å²) in [5, 5.41) is 0. The van der Waals surface area contributed by atoms with Crippen LogP contribution in [0.5, 0.6) is 0 Å². The molecule has 2 rings (SSSR count). The standard InChI is InChI=1S/C16H22O2S/c1-12(2)13-7-9-15(10-8-13)19(18)11-16(17)14-5-3-4-6-14/h7-10,12,14H,3-6,11H2,1-2H3. The zero-order valence-corrected chi connectivity index (χ0v) is 12.5. The molecule has 0 aromatic heterocycles. The van der Waals surface area contributed by atoms with E-state index in [1.165, 1.54) is 5.56 Å². The van der Waals surface area contributed by atoms with E-state index < -0.39 is 10.8 Å². The highest BCUT2D eigenvalue weighted by Gasteiger charge is 2.24. The fraction of sp³-hybridized carbons (Fsp3) is 0.562. The van der Waals surface area contributed by atoms with E-state index in [0.29, 0.717) is 5.92 Å². The lowest BCUT2D eigenvalue weighted by Gasteiger charge is -2.09. The Morgan fingerprint density at radius 2 is 1.79 bits per heavy atom. The molecule has 1 fully saturated rings. The molecule has 0 bridgehead atoms. The summed E-state index contributed by atoms with van der Waals surface area (Å²) in [5.41, 5.74) is 1.24. The highest BCUT2D eigenvalue weighted by molar-refractivity contribution is 7.85. The van der Waals surface area contributed by atoms with Crippen LogP contribution in [0.25, 0.3) is 0 Å². The molecule has 104 valence electrons. The maximum absolute atomic E-state index is 12.2. The van der Waals surface area contributed by atoms with Crippen LogP contribution in [0, 0.1) is 5.92 Å². The number of carbonyl (C=O) groups excluding carboxylic acids is 1. The van der Waals surface area contributed by atoms with E-state index in [-0.39, 0.29) is 17.5 Å². The third kappa shape index (κ3) is 3.75. The van der Waals surface area contributed by atoms with E-state index in [1.54, 1.807) is 0 Å². The summed E-state index contributed by atoms with van der Waals surface area (Å²) in [5.74, 6) is 1.01. The van der Waals surface area contributed by atoms with Crippen LogP contribution in [-0.2, 0) is 15.6 Å². The molecular weight excluding hydrogens is 256 g/mol. The molecule has 1 aromatic carbocycles. The van der Waals surface area contributed by atoms with Crippen LogP contribution >= 0.6 is 0 Å². The van der Waals surface area contributed by atoms with Crippen LogP contribution in [0.15, 0.2) is 29.2 Å². The third-order valence-electron chi connectivity index (χ3n) is 3.89. The van der Waals surface area contributed by atoms with Gasteiger partial charge in [0, 0.05) is 10.8 Å². The second kappa shape index (κ2) is 6.47.